The van der Waals surface area contributed by atoms with Gasteiger partial charge in [0.05, 0.1) is 12.6 Å². The van der Waals surface area contributed by atoms with Crippen molar-refractivity contribution in [2.45, 2.75) is 19.5 Å². The van der Waals surface area contributed by atoms with Crippen LogP contribution < -0.4 is 10.6 Å². The fourth-order valence-corrected chi connectivity index (χ4v) is 2.74. The third-order valence-electron chi connectivity index (χ3n) is 4.00. The van der Waals surface area contributed by atoms with E-state index in [1.807, 2.05) is 37.3 Å². The van der Waals surface area contributed by atoms with E-state index < -0.39 is 17.9 Å². The lowest BCUT2D eigenvalue weighted by molar-refractivity contribution is -0.136. The number of nitrogens with zero attached hydrogens (tertiary/aromatic N) is 3. The molecule has 138 valence electrons. The highest BCUT2D eigenvalue weighted by Gasteiger charge is 2.21. The Balaban J connectivity index is 1.73. The molecule has 0 bridgehead atoms. The van der Waals surface area contributed by atoms with Crippen LogP contribution in [-0.2, 0) is 16.1 Å². The third-order valence-corrected chi connectivity index (χ3v) is 4.23. The van der Waals surface area contributed by atoms with E-state index in [1.165, 1.54) is 6.33 Å². The molecule has 0 aliphatic rings. The quantitative estimate of drug-likeness (QED) is 0.663. The van der Waals surface area contributed by atoms with Crippen molar-refractivity contribution in [1.82, 2.24) is 20.1 Å². The van der Waals surface area contributed by atoms with E-state index >= 15 is 0 Å². The number of rotatable bonds is 5. The highest BCUT2D eigenvalue weighted by Crippen LogP contribution is 2.20. The number of carbonyl (C=O) groups is 2. The van der Waals surface area contributed by atoms with Gasteiger partial charge in [-0.15, -0.1) is 0 Å². The molecule has 1 atom stereocenters. The minimum absolute atomic E-state index is 0.346. The lowest BCUT2D eigenvalue weighted by Gasteiger charge is -2.19. The smallest absolute Gasteiger partial charge is 0.313 e. The molecule has 27 heavy (non-hydrogen) atoms. The molecule has 8 heteroatoms. The zero-order valence-corrected chi connectivity index (χ0v) is 15.3. The Morgan fingerprint density at radius 1 is 1.15 bits per heavy atom. The van der Waals surface area contributed by atoms with Gasteiger partial charge in [-0.1, -0.05) is 48.0 Å². The maximum atomic E-state index is 12.5. The third kappa shape index (κ3) is 4.92. The first-order valence-corrected chi connectivity index (χ1v) is 8.66. The second-order valence-corrected chi connectivity index (χ2v) is 6.40. The molecule has 0 unspecified atom stereocenters. The predicted molar refractivity (Wildman–Crippen MR) is 102 cm³/mol. The van der Waals surface area contributed by atoms with Crippen LogP contribution >= 0.6 is 11.6 Å². The van der Waals surface area contributed by atoms with Crippen LogP contribution in [0.15, 0.2) is 61.2 Å². The minimum Gasteiger partial charge on any atom is -0.339 e. The number of hydrogen-bond acceptors (Lipinski definition) is 4. The Morgan fingerprint density at radius 3 is 2.63 bits per heavy atom. The number of benzene rings is 2. The van der Waals surface area contributed by atoms with Crippen LogP contribution in [-0.4, -0.2) is 26.6 Å². The Morgan fingerprint density at radius 2 is 1.93 bits per heavy atom. The monoisotopic (exact) mass is 383 g/mol. The molecule has 0 aliphatic carbocycles. The Kier molecular flexibility index (Phi) is 5.83. The van der Waals surface area contributed by atoms with E-state index in [2.05, 4.69) is 20.7 Å². The van der Waals surface area contributed by atoms with Crippen molar-refractivity contribution >= 4 is 29.1 Å². The second kappa shape index (κ2) is 8.46. The van der Waals surface area contributed by atoms with Crippen molar-refractivity contribution in [3.8, 4) is 0 Å². The van der Waals surface area contributed by atoms with Gasteiger partial charge in [-0.2, -0.15) is 5.10 Å². The number of hydrogen-bond donors (Lipinski definition) is 2. The number of aryl methyl sites for hydroxylation is 1. The van der Waals surface area contributed by atoms with Gasteiger partial charge in [0, 0.05) is 10.7 Å². The molecule has 1 heterocycles. The SMILES string of the molecule is Cc1ccc(Cl)cc1NC(=O)C(=O)N[C@H](Cn1cncn1)c1ccccc1. The summed E-state index contributed by atoms with van der Waals surface area (Å²) in [5.41, 5.74) is 2.16. The summed E-state index contributed by atoms with van der Waals surface area (Å²) in [6, 6.07) is 14.0. The zero-order chi connectivity index (χ0) is 19.2. The molecule has 3 rings (SSSR count). The predicted octanol–water partition coefficient (Wildman–Crippen LogP) is 2.74. The Bertz CT molecular complexity index is 929. The number of anilines is 1. The van der Waals surface area contributed by atoms with Crippen LogP contribution in [0, 0.1) is 6.92 Å². The summed E-state index contributed by atoms with van der Waals surface area (Å²) in [6.07, 6.45) is 2.97. The van der Waals surface area contributed by atoms with Gasteiger partial charge in [0.1, 0.15) is 12.7 Å². The number of amides is 2. The molecule has 2 aromatic carbocycles. The van der Waals surface area contributed by atoms with Crippen LogP contribution in [0.25, 0.3) is 0 Å². The number of halogens is 1. The molecule has 0 fully saturated rings. The van der Waals surface area contributed by atoms with E-state index in [9.17, 15) is 9.59 Å². The largest absolute Gasteiger partial charge is 0.339 e. The first-order valence-electron chi connectivity index (χ1n) is 8.28. The van der Waals surface area contributed by atoms with E-state index in [0.717, 1.165) is 11.1 Å². The molecular formula is C19H18ClN5O2. The molecule has 3 aromatic rings. The fraction of sp³-hybridized carbons (Fsp3) is 0.158. The first kappa shape index (κ1) is 18.6. The number of aromatic nitrogens is 3. The molecule has 0 saturated heterocycles. The van der Waals surface area contributed by atoms with Crippen LogP contribution in [0.1, 0.15) is 17.2 Å². The normalized spacial score (nSPS) is 11.6. The number of carbonyl (C=O) groups excluding carboxylic acids is 2. The average molecular weight is 384 g/mol. The highest BCUT2D eigenvalue weighted by molar-refractivity contribution is 6.40. The van der Waals surface area contributed by atoms with Crippen molar-refractivity contribution < 1.29 is 9.59 Å². The molecule has 1 aromatic heterocycles. The average Bonchev–Trinajstić information content (AvgIpc) is 3.18. The van der Waals surface area contributed by atoms with Crippen molar-refractivity contribution in [1.29, 1.82) is 0 Å². The maximum Gasteiger partial charge on any atom is 0.313 e. The van der Waals surface area contributed by atoms with Gasteiger partial charge < -0.3 is 10.6 Å². The minimum atomic E-state index is -0.764. The summed E-state index contributed by atoms with van der Waals surface area (Å²) in [7, 11) is 0. The summed E-state index contributed by atoms with van der Waals surface area (Å²) in [4.78, 5) is 28.7. The standard InChI is InChI=1S/C19H18ClN5O2/c1-13-7-8-15(20)9-16(13)23-18(26)19(27)24-17(10-25-12-21-11-22-25)14-5-3-2-4-6-14/h2-9,11-12,17H,10H2,1H3,(H,23,26)(H,24,27)/t17-/m1/s1. The summed E-state index contributed by atoms with van der Waals surface area (Å²) >= 11 is 5.96. The molecule has 2 amide bonds. The summed E-state index contributed by atoms with van der Waals surface area (Å²) in [5, 5.41) is 9.89. The van der Waals surface area contributed by atoms with E-state index in [1.54, 1.807) is 29.2 Å². The maximum absolute atomic E-state index is 12.5. The van der Waals surface area contributed by atoms with Gasteiger partial charge >= 0.3 is 11.8 Å². The first-order chi connectivity index (χ1) is 13.0. The molecule has 7 nitrogen and oxygen atoms in total. The van der Waals surface area contributed by atoms with Crippen LogP contribution in [0.2, 0.25) is 5.02 Å². The summed E-state index contributed by atoms with van der Waals surface area (Å²) < 4.78 is 1.59. The molecular weight excluding hydrogens is 366 g/mol. The van der Waals surface area contributed by atoms with E-state index in [-0.39, 0.29) is 0 Å². The fourth-order valence-electron chi connectivity index (χ4n) is 2.57. The van der Waals surface area contributed by atoms with Crippen molar-refractivity contribution in [2.75, 3.05) is 5.32 Å². The molecule has 0 aliphatic heterocycles. The topological polar surface area (TPSA) is 88.9 Å². The van der Waals surface area contributed by atoms with Gasteiger partial charge in [-0.05, 0) is 30.2 Å². The van der Waals surface area contributed by atoms with Gasteiger partial charge in [0.25, 0.3) is 0 Å². The lowest BCUT2D eigenvalue weighted by atomic mass is 10.1. The second-order valence-electron chi connectivity index (χ2n) is 5.97. The zero-order valence-electron chi connectivity index (χ0n) is 14.6. The van der Waals surface area contributed by atoms with Crippen molar-refractivity contribution in [3.05, 3.63) is 77.3 Å². The molecule has 2 N–H and O–H groups in total. The van der Waals surface area contributed by atoms with E-state index in [0.29, 0.717) is 17.3 Å². The number of nitrogens with one attached hydrogen (secondary N) is 2. The van der Waals surface area contributed by atoms with Crippen LogP contribution in [0.3, 0.4) is 0 Å². The van der Waals surface area contributed by atoms with E-state index in [4.69, 9.17) is 11.6 Å². The molecule has 0 spiro atoms. The highest BCUT2D eigenvalue weighted by atomic mass is 35.5. The van der Waals surface area contributed by atoms with Gasteiger partial charge in [0.15, 0.2) is 0 Å². The van der Waals surface area contributed by atoms with Crippen molar-refractivity contribution in [2.24, 2.45) is 0 Å². The molecule has 0 radical (unpaired) electrons. The van der Waals surface area contributed by atoms with Crippen molar-refractivity contribution in [3.63, 3.8) is 0 Å². The summed E-state index contributed by atoms with van der Waals surface area (Å²) in [6.45, 7) is 2.17. The Hall–Kier alpha value is -3.19. The van der Waals surface area contributed by atoms with Gasteiger partial charge in [0.2, 0.25) is 0 Å². The summed E-state index contributed by atoms with van der Waals surface area (Å²) in [5.74, 6) is -1.51. The van der Waals surface area contributed by atoms with Gasteiger partial charge in [-0.25, -0.2) is 4.98 Å². The molecule has 0 saturated carbocycles. The van der Waals surface area contributed by atoms with Crippen LogP contribution in [0.5, 0.6) is 0 Å². The lowest BCUT2D eigenvalue weighted by Crippen LogP contribution is -2.39. The van der Waals surface area contributed by atoms with Crippen LogP contribution in [0.4, 0.5) is 5.69 Å². The Labute approximate surface area is 161 Å². The van der Waals surface area contributed by atoms with Gasteiger partial charge in [-0.3, -0.25) is 14.3 Å².